The topological polar surface area (TPSA) is 46.8 Å². The predicted molar refractivity (Wildman–Crippen MR) is 82.2 cm³/mol. The molecule has 1 saturated heterocycles. The molecule has 21 heavy (non-hydrogen) atoms. The molecule has 1 aliphatic rings. The second-order valence-electron chi connectivity index (χ2n) is 5.47. The minimum atomic E-state index is 0.468. The summed E-state index contributed by atoms with van der Waals surface area (Å²) < 4.78 is 2.20. The van der Waals surface area contributed by atoms with Gasteiger partial charge in [0.15, 0.2) is 0 Å². The van der Waals surface area contributed by atoms with Crippen molar-refractivity contribution in [2.24, 2.45) is 0 Å². The first-order valence-corrected chi connectivity index (χ1v) is 7.34. The first-order valence-electron chi connectivity index (χ1n) is 7.34. The zero-order valence-corrected chi connectivity index (χ0v) is 11.8. The van der Waals surface area contributed by atoms with E-state index in [1.807, 2.05) is 36.9 Å². The molecule has 1 unspecified atom stereocenters. The molecule has 0 spiro atoms. The molecule has 2 aromatic heterocycles. The molecule has 0 saturated carbocycles. The zero-order valence-electron chi connectivity index (χ0n) is 11.8. The molecular weight excluding hydrogens is 262 g/mol. The van der Waals surface area contributed by atoms with Crippen LogP contribution in [0, 0.1) is 0 Å². The average Bonchev–Trinajstić information content (AvgIpc) is 3.09. The van der Waals surface area contributed by atoms with Crippen molar-refractivity contribution in [3.63, 3.8) is 0 Å². The van der Waals surface area contributed by atoms with Crippen LogP contribution in [0.1, 0.15) is 18.9 Å². The van der Waals surface area contributed by atoms with Gasteiger partial charge in [0.1, 0.15) is 12.1 Å². The van der Waals surface area contributed by atoms with Gasteiger partial charge in [0.2, 0.25) is 0 Å². The van der Waals surface area contributed by atoms with E-state index >= 15 is 0 Å². The molecule has 0 radical (unpaired) electrons. The molecule has 1 aliphatic heterocycles. The lowest BCUT2D eigenvalue weighted by Crippen LogP contribution is -2.37. The van der Waals surface area contributed by atoms with Gasteiger partial charge in [-0.1, -0.05) is 12.1 Å². The van der Waals surface area contributed by atoms with Gasteiger partial charge in [-0.05, 0) is 25.0 Å². The van der Waals surface area contributed by atoms with Crippen molar-refractivity contribution in [1.82, 2.24) is 19.5 Å². The SMILES string of the molecule is c1ccc2c(N3CCCC(n4ccnc4)C3)ncnc2c1. The fraction of sp³-hybridized carbons (Fsp3) is 0.312. The highest BCUT2D eigenvalue weighted by molar-refractivity contribution is 5.89. The predicted octanol–water partition coefficient (Wildman–Crippen LogP) is 2.67. The van der Waals surface area contributed by atoms with Crippen LogP contribution in [-0.4, -0.2) is 32.6 Å². The Bertz CT molecular complexity index is 732. The highest BCUT2D eigenvalue weighted by Gasteiger charge is 2.23. The van der Waals surface area contributed by atoms with Crippen molar-refractivity contribution in [2.45, 2.75) is 18.9 Å². The summed E-state index contributed by atoms with van der Waals surface area (Å²) in [7, 11) is 0. The van der Waals surface area contributed by atoms with Crippen LogP contribution in [0.2, 0.25) is 0 Å². The van der Waals surface area contributed by atoms with Crippen LogP contribution in [0.15, 0.2) is 49.3 Å². The number of rotatable bonds is 2. The van der Waals surface area contributed by atoms with Crippen LogP contribution in [-0.2, 0) is 0 Å². The minimum Gasteiger partial charge on any atom is -0.354 e. The van der Waals surface area contributed by atoms with E-state index in [9.17, 15) is 0 Å². The summed E-state index contributed by atoms with van der Waals surface area (Å²) in [5.41, 5.74) is 1.01. The third kappa shape index (κ3) is 2.24. The van der Waals surface area contributed by atoms with Crippen LogP contribution in [0.3, 0.4) is 0 Å². The maximum atomic E-state index is 4.54. The van der Waals surface area contributed by atoms with Crippen LogP contribution < -0.4 is 4.90 Å². The number of piperidine rings is 1. The third-order valence-electron chi connectivity index (χ3n) is 4.16. The van der Waals surface area contributed by atoms with Gasteiger partial charge in [0, 0.05) is 30.9 Å². The van der Waals surface area contributed by atoms with E-state index < -0.39 is 0 Å². The summed E-state index contributed by atoms with van der Waals surface area (Å²) in [6.07, 6.45) is 9.83. The van der Waals surface area contributed by atoms with Gasteiger partial charge in [-0.25, -0.2) is 15.0 Å². The standard InChI is InChI=1S/C16H17N5/c1-2-6-15-14(5-1)16(19-11-18-15)20-8-3-4-13(10-20)21-9-7-17-12-21/h1-2,5-7,9,11-13H,3-4,8,10H2. The summed E-state index contributed by atoms with van der Waals surface area (Å²) >= 11 is 0. The number of imidazole rings is 1. The number of hydrogen-bond acceptors (Lipinski definition) is 4. The molecule has 0 amide bonds. The van der Waals surface area contributed by atoms with Gasteiger partial charge >= 0.3 is 0 Å². The number of hydrogen-bond donors (Lipinski definition) is 0. The van der Waals surface area contributed by atoms with Crippen molar-refractivity contribution in [3.05, 3.63) is 49.3 Å². The molecule has 1 atom stereocenters. The van der Waals surface area contributed by atoms with Gasteiger partial charge in [-0.3, -0.25) is 0 Å². The smallest absolute Gasteiger partial charge is 0.139 e. The van der Waals surface area contributed by atoms with E-state index in [0.29, 0.717) is 6.04 Å². The largest absolute Gasteiger partial charge is 0.354 e. The normalized spacial score (nSPS) is 19.0. The molecule has 3 heterocycles. The second-order valence-corrected chi connectivity index (χ2v) is 5.47. The third-order valence-corrected chi connectivity index (χ3v) is 4.16. The molecule has 3 aromatic rings. The van der Waals surface area contributed by atoms with Crippen LogP contribution >= 0.6 is 0 Å². The molecule has 5 heteroatoms. The van der Waals surface area contributed by atoms with Gasteiger partial charge in [-0.15, -0.1) is 0 Å². The minimum absolute atomic E-state index is 0.468. The van der Waals surface area contributed by atoms with E-state index in [4.69, 9.17) is 0 Å². The number of aromatic nitrogens is 4. The Hall–Kier alpha value is -2.43. The molecule has 4 rings (SSSR count). The summed E-state index contributed by atoms with van der Waals surface area (Å²) in [6, 6.07) is 8.68. The van der Waals surface area contributed by atoms with E-state index in [0.717, 1.165) is 29.8 Å². The van der Waals surface area contributed by atoms with Crippen molar-refractivity contribution in [3.8, 4) is 0 Å². The van der Waals surface area contributed by atoms with E-state index in [1.54, 1.807) is 6.33 Å². The van der Waals surface area contributed by atoms with E-state index in [-0.39, 0.29) is 0 Å². The van der Waals surface area contributed by atoms with Crippen LogP contribution in [0.4, 0.5) is 5.82 Å². The van der Waals surface area contributed by atoms with Gasteiger partial charge in [0.25, 0.3) is 0 Å². The Morgan fingerprint density at radius 1 is 1.14 bits per heavy atom. The summed E-state index contributed by atoms with van der Waals surface area (Å²) in [5.74, 6) is 1.05. The molecule has 106 valence electrons. The maximum absolute atomic E-state index is 4.54. The van der Waals surface area contributed by atoms with Crippen molar-refractivity contribution in [2.75, 3.05) is 18.0 Å². The van der Waals surface area contributed by atoms with Crippen molar-refractivity contribution >= 4 is 16.7 Å². The first kappa shape index (κ1) is 12.3. The number of nitrogens with zero attached hydrogens (tertiary/aromatic N) is 5. The fourth-order valence-electron chi connectivity index (χ4n) is 3.12. The number of benzene rings is 1. The number of para-hydroxylation sites is 1. The number of fused-ring (bicyclic) bond motifs is 1. The molecule has 0 bridgehead atoms. The molecular formula is C16H17N5. The molecule has 5 nitrogen and oxygen atoms in total. The Morgan fingerprint density at radius 2 is 2.10 bits per heavy atom. The Morgan fingerprint density at radius 3 is 3.00 bits per heavy atom. The molecule has 1 aromatic carbocycles. The Kier molecular flexibility index (Phi) is 3.03. The monoisotopic (exact) mass is 279 g/mol. The van der Waals surface area contributed by atoms with Crippen LogP contribution in [0.25, 0.3) is 10.9 Å². The van der Waals surface area contributed by atoms with Gasteiger partial charge in [0.05, 0.1) is 17.9 Å². The zero-order chi connectivity index (χ0) is 14.1. The van der Waals surface area contributed by atoms with Gasteiger partial charge in [-0.2, -0.15) is 0 Å². The fourth-order valence-corrected chi connectivity index (χ4v) is 3.12. The molecule has 0 aliphatic carbocycles. The summed E-state index contributed by atoms with van der Waals surface area (Å²) in [5, 5.41) is 1.13. The first-order chi connectivity index (χ1) is 10.4. The quantitative estimate of drug-likeness (QED) is 0.723. The van der Waals surface area contributed by atoms with E-state index in [1.165, 1.54) is 12.8 Å². The van der Waals surface area contributed by atoms with Crippen molar-refractivity contribution in [1.29, 1.82) is 0 Å². The lowest BCUT2D eigenvalue weighted by atomic mass is 10.0. The van der Waals surface area contributed by atoms with E-state index in [2.05, 4.69) is 30.5 Å². The second kappa shape index (κ2) is 5.16. The Labute approximate surface area is 123 Å². The summed E-state index contributed by atoms with van der Waals surface area (Å²) in [4.78, 5) is 15.4. The molecule has 1 fully saturated rings. The maximum Gasteiger partial charge on any atom is 0.139 e. The Balaban J connectivity index is 1.68. The number of anilines is 1. The van der Waals surface area contributed by atoms with Crippen molar-refractivity contribution < 1.29 is 0 Å². The molecule has 0 N–H and O–H groups in total. The average molecular weight is 279 g/mol. The lowest BCUT2D eigenvalue weighted by Gasteiger charge is -2.34. The summed E-state index contributed by atoms with van der Waals surface area (Å²) in [6.45, 7) is 2.02. The van der Waals surface area contributed by atoms with Crippen LogP contribution in [0.5, 0.6) is 0 Å². The highest BCUT2D eigenvalue weighted by Crippen LogP contribution is 2.28. The highest BCUT2D eigenvalue weighted by atomic mass is 15.2. The van der Waals surface area contributed by atoms with Gasteiger partial charge < -0.3 is 9.47 Å². The lowest BCUT2D eigenvalue weighted by molar-refractivity contribution is 0.404.